The van der Waals surface area contributed by atoms with Crippen LogP contribution in [0.25, 0.3) is 11.4 Å². The maximum Gasteiger partial charge on any atom is 0.303 e. The fourth-order valence-electron chi connectivity index (χ4n) is 2.47. The molecule has 0 bridgehead atoms. The van der Waals surface area contributed by atoms with E-state index in [1.54, 1.807) is 30.5 Å². The van der Waals surface area contributed by atoms with Crippen molar-refractivity contribution in [2.75, 3.05) is 0 Å². The molecule has 0 aliphatic carbocycles. The van der Waals surface area contributed by atoms with E-state index in [0.717, 1.165) is 5.56 Å². The number of carboxylic acid groups (broad SMARTS) is 1. The summed E-state index contributed by atoms with van der Waals surface area (Å²) in [6, 6.07) is 14.3. The molecule has 0 fully saturated rings. The Kier molecular flexibility index (Phi) is 6.27. The molecule has 3 aromatic rings. The molecule has 0 aliphatic rings. The van der Waals surface area contributed by atoms with E-state index in [2.05, 4.69) is 9.97 Å². The van der Waals surface area contributed by atoms with E-state index in [9.17, 15) is 4.79 Å². The Bertz CT molecular complexity index is 926. The van der Waals surface area contributed by atoms with Gasteiger partial charge in [0.15, 0.2) is 5.82 Å². The summed E-state index contributed by atoms with van der Waals surface area (Å²) in [4.78, 5) is 19.3. The van der Waals surface area contributed by atoms with Crippen molar-refractivity contribution in [1.29, 1.82) is 0 Å². The molecule has 0 radical (unpaired) electrons. The van der Waals surface area contributed by atoms with Crippen molar-refractivity contribution in [2.45, 2.75) is 19.4 Å². The molecule has 3 rings (SSSR count). The van der Waals surface area contributed by atoms with Crippen LogP contribution in [0.15, 0.2) is 54.7 Å². The average molecular weight is 403 g/mol. The standard InChI is InChI=1S/C20H16Cl2N2O3/c21-16-2-1-3-17(22)19(16)20-23-11-10-14(24-20)12-27-15-7-4-13(5-8-15)6-9-18(25)26/h1-5,7-8,10-11H,6,9,12H2,(H,25,26). The van der Waals surface area contributed by atoms with Gasteiger partial charge in [-0.25, -0.2) is 9.97 Å². The van der Waals surface area contributed by atoms with Gasteiger partial charge in [0, 0.05) is 12.6 Å². The van der Waals surface area contributed by atoms with Gasteiger partial charge in [-0.3, -0.25) is 4.79 Å². The predicted molar refractivity (Wildman–Crippen MR) is 104 cm³/mol. The zero-order valence-electron chi connectivity index (χ0n) is 14.2. The molecule has 0 aliphatic heterocycles. The Hall–Kier alpha value is -2.63. The molecule has 138 valence electrons. The lowest BCUT2D eigenvalue weighted by Crippen LogP contribution is -2.01. The molecule has 0 amide bonds. The first kappa shape index (κ1) is 19.1. The smallest absolute Gasteiger partial charge is 0.303 e. The molecule has 0 saturated heterocycles. The summed E-state index contributed by atoms with van der Waals surface area (Å²) in [7, 11) is 0. The number of halogens is 2. The first-order chi connectivity index (χ1) is 13.0. The van der Waals surface area contributed by atoms with Crippen molar-refractivity contribution in [3.63, 3.8) is 0 Å². The van der Waals surface area contributed by atoms with Crippen LogP contribution in [-0.2, 0) is 17.8 Å². The molecule has 27 heavy (non-hydrogen) atoms. The number of aliphatic carboxylic acids is 1. The highest BCUT2D eigenvalue weighted by Gasteiger charge is 2.12. The van der Waals surface area contributed by atoms with Gasteiger partial charge in [-0.2, -0.15) is 0 Å². The molecule has 1 N–H and O–H groups in total. The second-order valence-corrected chi connectivity index (χ2v) is 6.61. The number of carboxylic acids is 1. The lowest BCUT2D eigenvalue weighted by Gasteiger charge is -2.09. The van der Waals surface area contributed by atoms with Crippen molar-refractivity contribution in [1.82, 2.24) is 9.97 Å². The van der Waals surface area contributed by atoms with Crippen molar-refractivity contribution in [2.24, 2.45) is 0 Å². The highest BCUT2D eigenvalue weighted by Crippen LogP contribution is 2.32. The summed E-state index contributed by atoms with van der Waals surface area (Å²) >= 11 is 12.4. The number of hydrogen-bond acceptors (Lipinski definition) is 4. The van der Waals surface area contributed by atoms with E-state index in [1.807, 2.05) is 24.3 Å². The van der Waals surface area contributed by atoms with E-state index in [0.29, 0.717) is 39.3 Å². The maximum absolute atomic E-state index is 10.6. The predicted octanol–water partition coefficient (Wildman–Crippen LogP) is 5.05. The quantitative estimate of drug-likeness (QED) is 0.598. The van der Waals surface area contributed by atoms with Crippen molar-refractivity contribution in [3.8, 4) is 17.1 Å². The Morgan fingerprint density at radius 1 is 1.04 bits per heavy atom. The minimum atomic E-state index is -0.812. The third kappa shape index (κ3) is 5.18. The van der Waals surface area contributed by atoms with Crippen LogP contribution in [0.5, 0.6) is 5.75 Å². The summed E-state index contributed by atoms with van der Waals surface area (Å²) in [5, 5.41) is 9.69. The fourth-order valence-corrected chi connectivity index (χ4v) is 3.04. The Morgan fingerprint density at radius 3 is 2.41 bits per heavy atom. The number of aryl methyl sites for hydroxylation is 1. The Labute approximate surface area is 166 Å². The summed E-state index contributed by atoms with van der Waals surface area (Å²) in [5.41, 5.74) is 2.22. The number of ether oxygens (including phenoxy) is 1. The number of carbonyl (C=O) groups is 1. The van der Waals surface area contributed by atoms with E-state index in [1.165, 1.54) is 0 Å². The van der Waals surface area contributed by atoms with Gasteiger partial charge >= 0.3 is 5.97 Å². The fraction of sp³-hybridized carbons (Fsp3) is 0.150. The second kappa shape index (κ2) is 8.84. The van der Waals surface area contributed by atoms with Gasteiger partial charge in [-0.1, -0.05) is 41.4 Å². The maximum atomic E-state index is 10.6. The van der Waals surface area contributed by atoms with Crippen molar-refractivity contribution >= 4 is 29.2 Å². The summed E-state index contributed by atoms with van der Waals surface area (Å²) in [6.07, 6.45) is 2.23. The zero-order chi connectivity index (χ0) is 19.2. The molecular formula is C20H16Cl2N2O3. The largest absolute Gasteiger partial charge is 0.487 e. The van der Waals surface area contributed by atoms with Crippen molar-refractivity contribution in [3.05, 3.63) is 76.0 Å². The number of benzene rings is 2. The van der Waals surface area contributed by atoms with Gasteiger partial charge in [0.2, 0.25) is 0 Å². The zero-order valence-corrected chi connectivity index (χ0v) is 15.7. The van der Waals surface area contributed by atoms with Crippen LogP contribution in [0.2, 0.25) is 10.0 Å². The molecule has 0 spiro atoms. The van der Waals surface area contributed by atoms with Crippen LogP contribution in [0.3, 0.4) is 0 Å². The van der Waals surface area contributed by atoms with E-state index in [4.69, 9.17) is 33.0 Å². The first-order valence-electron chi connectivity index (χ1n) is 8.23. The van der Waals surface area contributed by atoms with Crippen LogP contribution in [0.4, 0.5) is 0 Å². The van der Waals surface area contributed by atoms with Crippen LogP contribution < -0.4 is 4.74 Å². The normalized spacial score (nSPS) is 10.6. The molecule has 0 saturated carbocycles. The minimum Gasteiger partial charge on any atom is -0.487 e. The van der Waals surface area contributed by atoms with Gasteiger partial charge < -0.3 is 9.84 Å². The van der Waals surface area contributed by atoms with Crippen molar-refractivity contribution < 1.29 is 14.6 Å². The lowest BCUT2D eigenvalue weighted by atomic mass is 10.1. The third-order valence-corrected chi connectivity index (χ3v) is 4.47. The molecule has 1 heterocycles. The third-order valence-electron chi connectivity index (χ3n) is 3.84. The number of nitrogens with zero attached hydrogens (tertiary/aromatic N) is 2. The number of rotatable bonds is 7. The topological polar surface area (TPSA) is 72.3 Å². The second-order valence-electron chi connectivity index (χ2n) is 5.79. The van der Waals surface area contributed by atoms with Gasteiger partial charge in [-0.15, -0.1) is 0 Å². The molecule has 1 aromatic heterocycles. The minimum absolute atomic E-state index is 0.106. The summed E-state index contributed by atoms with van der Waals surface area (Å²) in [5.74, 6) is 0.300. The highest BCUT2D eigenvalue weighted by atomic mass is 35.5. The Balaban J connectivity index is 1.68. The van der Waals surface area contributed by atoms with Crippen LogP contribution in [-0.4, -0.2) is 21.0 Å². The number of hydrogen-bond donors (Lipinski definition) is 1. The van der Waals surface area contributed by atoms with Crippen LogP contribution in [0.1, 0.15) is 17.7 Å². The SMILES string of the molecule is O=C(O)CCc1ccc(OCc2ccnc(-c3c(Cl)cccc3Cl)n2)cc1. The number of aromatic nitrogens is 2. The first-order valence-corrected chi connectivity index (χ1v) is 8.98. The van der Waals surface area contributed by atoms with Crippen LogP contribution >= 0.6 is 23.2 Å². The molecule has 7 heteroatoms. The van der Waals surface area contributed by atoms with Gasteiger partial charge in [0.25, 0.3) is 0 Å². The summed E-state index contributed by atoms with van der Waals surface area (Å²) < 4.78 is 5.75. The highest BCUT2D eigenvalue weighted by molar-refractivity contribution is 6.38. The lowest BCUT2D eigenvalue weighted by molar-refractivity contribution is -0.136. The molecular weight excluding hydrogens is 387 g/mol. The van der Waals surface area contributed by atoms with Gasteiger partial charge in [0.05, 0.1) is 21.3 Å². The molecule has 2 aromatic carbocycles. The monoisotopic (exact) mass is 402 g/mol. The van der Waals surface area contributed by atoms with Gasteiger partial charge in [0.1, 0.15) is 12.4 Å². The van der Waals surface area contributed by atoms with E-state index >= 15 is 0 Å². The molecule has 0 atom stereocenters. The van der Waals surface area contributed by atoms with E-state index in [-0.39, 0.29) is 13.0 Å². The average Bonchev–Trinajstić information content (AvgIpc) is 2.66. The van der Waals surface area contributed by atoms with E-state index < -0.39 is 5.97 Å². The van der Waals surface area contributed by atoms with Gasteiger partial charge in [-0.05, 0) is 42.3 Å². The molecule has 0 unspecified atom stereocenters. The molecule has 5 nitrogen and oxygen atoms in total. The summed E-state index contributed by atoms with van der Waals surface area (Å²) in [6.45, 7) is 0.256. The van der Waals surface area contributed by atoms with Crippen LogP contribution in [0, 0.1) is 0 Å². The Morgan fingerprint density at radius 2 is 1.74 bits per heavy atom.